The smallest absolute Gasteiger partial charge is 0.256 e. The summed E-state index contributed by atoms with van der Waals surface area (Å²) in [5.74, 6) is -0.244. The minimum absolute atomic E-state index is 0.126. The van der Waals surface area contributed by atoms with Gasteiger partial charge in [-0.2, -0.15) is 0 Å². The van der Waals surface area contributed by atoms with Gasteiger partial charge >= 0.3 is 0 Å². The monoisotopic (exact) mass is 330 g/mol. The number of rotatable bonds is 2. The minimum Gasteiger partial charge on any atom is -0.361 e. The number of benzene rings is 1. The van der Waals surface area contributed by atoms with Crippen molar-refractivity contribution in [1.29, 1.82) is 0 Å². The van der Waals surface area contributed by atoms with Crippen molar-refractivity contribution >= 4 is 23.1 Å². The highest BCUT2D eigenvalue weighted by molar-refractivity contribution is 7.71. The molecular weight excluding hydrogens is 315 g/mol. The number of hydrogen-bond acceptors (Lipinski definition) is 3. The Bertz CT molecular complexity index is 1000. The number of hydrogen-bond donors (Lipinski definition) is 3. The van der Waals surface area contributed by atoms with Gasteiger partial charge in [-0.1, -0.05) is 0 Å². The molecule has 3 aromatic rings. The van der Waals surface area contributed by atoms with Crippen molar-refractivity contribution in [2.45, 2.75) is 19.5 Å². The molecule has 0 atom stereocenters. The highest BCUT2D eigenvalue weighted by Crippen LogP contribution is 2.23. The van der Waals surface area contributed by atoms with Crippen LogP contribution in [0, 0.1) is 10.6 Å². The Morgan fingerprint density at radius 2 is 2.17 bits per heavy atom. The van der Waals surface area contributed by atoms with Crippen LogP contribution in [-0.2, 0) is 19.5 Å². The first-order chi connectivity index (χ1) is 11.1. The molecule has 0 amide bonds. The van der Waals surface area contributed by atoms with E-state index in [1.54, 1.807) is 12.1 Å². The van der Waals surface area contributed by atoms with Crippen molar-refractivity contribution in [3.8, 4) is 0 Å². The molecule has 1 aromatic carbocycles. The summed E-state index contributed by atoms with van der Waals surface area (Å²) >= 11 is 5.01. The van der Waals surface area contributed by atoms with Gasteiger partial charge in [0.2, 0.25) is 0 Å². The Hall–Kier alpha value is -2.25. The van der Waals surface area contributed by atoms with Crippen LogP contribution in [0.3, 0.4) is 0 Å². The molecule has 0 aliphatic carbocycles. The number of aromatic nitrogens is 3. The highest BCUT2D eigenvalue weighted by atomic mass is 32.1. The largest absolute Gasteiger partial charge is 0.361 e. The molecule has 0 saturated heterocycles. The van der Waals surface area contributed by atoms with E-state index in [1.807, 2.05) is 6.20 Å². The fourth-order valence-electron chi connectivity index (χ4n) is 3.17. The molecule has 23 heavy (non-hydrogen) atoms. The van der Waals surface area contributed by atoms with Gasteiger partial charge in [0.1, 0.15) is 5.82 Å². The standard InChI is InChI=1S/C16H15FN4OS/c17-10-1-2-13-11(5-10)9(6-18-13)7-21-4-3-14-12(8-21)15(22)20-16(23)19-14/h1-2,5-6,18H,3-4,7-8H2,(H2,19,20,22,23). The van der Waals surface area contributed by atoms with E-state index in [0.29, 0.717) is 17.9 Å². The maximum Gasteiger partial charge on any atom is 0.256 e. The third-order valence-electron chi connectivity index (χ3n) is 4.31. The maximum absolute atomic E-state index is 13.5. The Morgan fingerprint density at radius 1 is 1.30 bits per heavy atom. The fraction of sp³-hybridized carbons (Fsp3) is 0.250. The Labute approximate surface area is 136 Å². The Balaban J connectivity index is 1.64. The van der Waals surface area contributed by atoms with Crippen molar-refractivity contribution in [2.75, 3.05) is 6.54 Å². The van der Waals surface area contributed by atoms with E-state index in [0.717, 1.165) is 40.7 Å². The molecule has 4 rings (SSSR count). The van der Waals surface area contributed by atoms with E-state index in [4.69, 9.17) is 12.2 Å². The van der Waals surface area contributed by atoms with E-state index in [2.05, 4.69) is 19.9 Å². The van der Waals surface area contributed by atoms with Crippen molar-refractivity contribution < 1.29 is 4.39 Å². The summed E-state index contributed by atoms with van der Waals surface area (Å²) in [5.41, 5.74) is 3.47. The molecule has 1 aliphatic heterocycles. The lowest BCUT2D eigenvalue weighted by molar-refractivity contribution is 0.242. The summed E-state index contributed by atoms with van der Waals surface area (Å²) in [7, 11) is 0. The van der Waals surface area contributed by atoms with Gasteiger partial charge in [0.25, 0.3) is 5.56 Å². The van der Waals surface area contributed by atoms with E-state index in [9.17, 15) is 9.18 Å². The molecule has 2 aromatic heterocycles. The quantitative estimate of drug-likeness (QED) is 0.633. The molecule has 7 heteroatoms. The first kappa shape index (κ1) is 14.3. The second kappa shape index (κ2) is 5.43. The molecule has 5 nitrogen and oxygen atoms in total. The third-order valence-corrected chi connectivity index (χ3v) is 4.52. The second-order valence-corrected chi connectivity index (χ2v) is 6.24. The van der Waals surface area contributed by atoms with Gasteiger partial charge in [0.05, 0.1) is 5.56 Å². The zero-order valence-corrected chi connectivity index (χ0v) is 13.1. The first-order valence-corrected chi connectivity index (χ1v) is 7.83. The number of nitrogens with one attached hydrogen (secondary N) is 3. The topological polar surface area (TPSA) is 67.7 Å². The predicted octanol–water partition coefficient (Wildman–Crippen LogP) is 2.61. The molecule has 0 bridgehead atoms. The number of nitrogens with zero attached hydrogens (tertiary/aromatic N) is 1. The first-order valence-electron chi connectivity index (χ1n) is 7.42. The zero-order chi connectivity index (χ0) is 16.0. The lowest BCUT2D eigenvalue weighted by Crippen LogP contribution is -2.35. The van der Waals surface area contributed by atoms with Crippen LogP contribution in [0.4, 0.5) is 4.39 Å². The van der Waals surface area contributed by atoms with E-state index in [-0.39, 0.29) is 11.4 Å². The summed E-state index contributed by atoms with van der Waals surface area (Å²) in [6.45, 7) is 2.04. The lowest BCUT2D eigenvalue weighted by atomic mass is 10.1. The van der Waals surface area contributed by atoms with Crippen LogP contribution >= 0.6 is 12.2 Å². The molecule has 0 fully saturated rings. The molecule has 0 radical (unpaired) electrons. The van der Waals surface area contributed by atoms with Crippen LogP contribution in [0.5, 0.6) is 0 Å². The third kappa shape index (κ3) is 2.62. The van der Waals surface area contributed by atoms with Crippen LogP contribution in [0.2, 0.25) is 0 Å². The summed E-state index contributed by atoms with van der Waals surface area (Å²) in [5, 5.41) is 0.886. The number of halogens is 1. The van der Waals surface area contributed by atoms with Crippen molar-refractivity contribution in [3.63, 3.8) is 0 Å². The molecule has 3 N–H and O–H groups in total. The number of fused-ring (bicyclic) bond motifs is 2. The molecular formula is C16H15FN4OS. The maximum atomic E-state index is 13.5. The van der Waals surface area contributed by atoms with Crippen LogP contribution < -0.4 is 5.56 Å². The van der Waals surface area contributed by atoms with Crippen molar-refractivity contribution in [2.24, 2.45) is 0 Å². The van der Waals surface area contributed by atoms with Gasteiger partial charge in [-0.25, -0.2) is 4.39 Å². The van der Waals surface area contributed by atoms with Gasteiger partial charge < -0.3 is 9.97 Å². The zero-order valence-electron chi connectivity index (χ0n) is 12.3. The van der Waals surface area contributed by atoms with E-state index >= 15 is 0 Å². The van der Waals surface area contributed by atoms with Gasteiger partial charge in [-0.3, -0.25) is 14.7 Å². The average molecular weight is 330 g/mol. The minimum atomic E-state index is -0.244. The van der Waals surface area contributed by atoms with Crippen LogP contribution in [0.25, 0.3) is 10.9 Å². The number of H-pyrrole nitrogens is 3. The van der Waals surface area contributed by atoms with Crippen LogP contribution in [0.15, 0.2) is 29.2 Å². The van der Waals surface area contributed by atoms with Crippen LogP contribution in [-0.4, -0.2) is 26.4 Å². The summed E-state index contributed by atoms with van der Waals surface area (Å²) < 4.78 is 13.8. The summed E-state index contributed by atoms with van der Waals surface area (Å²) in [6.07, 6.45) is 2.65. The molecule has 0 unspecified atom stereocenters. The normalized spacial score (nSPS) is 15.0. The summed E-state index contributed by atoms with van der Waals surface area (Å²) in [6, 6.07) is 4.73. The Morgan fingerprint density at radius 3 is 3.04 bits per heavy atom. The lowest BCUT2D eigenvalue weighted by Gasteiger charge is -2.27. The average Bonchev–Trinajstić information content (AvgIpc) is 2.90. The van der Waals surface area contributed by atoms with Crippen LogP contribution in [0.1, 0.15) is 16.8 Å². The van der Waals surface area contributed by atoms with Crippen molar-refractivity contribution in [1.82, 2.24) is 19.9 Å². The Kier molecular flexibility index (Phi) is 3.39. The molecule has 118 valence electrons. The van der Waals surface area contributed by atoms with Gasteiger partial charge in [-0.05, 0) is 36.0 Å². The van der Waals surface area contributed by atoms with Gasteiger partial charge in [-0.15, -0.1) is 0 Å². The van der Waals surface area contributed by atoms with E-state index < -0.39 is 0 Å². The SMILES string of the molecule is O=c1[nH]c(=S)[nH]c2c1CN(Cc1c[nH]c3ccc(F)cc13)CC2. The molecule has 1 aliphatic rings. The molecule has 0 spiro atoms. The fourth-order valence-corrected chi connectivity index (χ4v) is 3.39. The van der Waals surface area contributed by atoms with E-state index in [1.165, 1.54) is 6.07 Å². The molecule has 0 saturated carbocycles. The second-order valence-electron chi connectivity index (χ2n) is 5.83. The molecule has 3 heterocycles. The van der Waals surface area contributed by atoms with Gasteiger partial charge in [0, 0.05) is 48.8 Å². The van der Waals surface area contributed by atoms with Crippen molar-refractivity contribution in [3.05, 3.63) is 62.2 Å². The predicted molar refractivity (Wildman–Crippen MR) is 88.3 cm³/mol. The summed E-state index contributed by atoms with van der Waals surface area (Å²) in [4.78, 5) is 23.1. The number of aromatic amines is 3. The highest BCUT2D eigenvalue weighted by Gasteiger charge is 2.20. The van der Waals surface area contributed by atoms with Gasteiger partial charge in [0.15, 0.2) is 4.77 Å².